The summed E-state index contributed by atoms with van der Waals surface area (Å²) in [6.45, 7) is 0.0455. The summed E-state index contributed by atoms with van der Waals surface area (Å²) in [5.41, 5.74) is 2.20. The maximum atomic E-state index is 12.1. The van der Waals surface area contributed by atoms with E-state index in [9.17, 15) is 18.0 Å². The van der Waals surface area contributed by atoms with Gasteiger partial charge in [0.1, 0.15) is 19.0 Å². The molecule has 0 aromatic carbocycles. The third kappa shape index (κ3) is 3.45. The Hall–Kier alpha value is -2.29. The van der Waals surface area contributed by atoms with E-state index in [4.69, 9.17) is 9.39 Å². The summed E-state index contributed by atoms with van der Waals surface area (Å²) in [4.78, 5) is 34.2. The Kier molecular flexibility index (Phi) is 4.35. The van der Waals surface area contributed by atoms with Gasteiger partial charge in [-0.2, -0.15) is 18.6 Å². The fraction of sp³-hybridized carbons (Fsp3) is 0.600. The fourth-order valence-corrected chi connectivity index (χ4v) is 3.04. The average Bonchev–Trinajstić information content (AvgIpc) is 3.10. The first-order valence-electron chi connectivity index (χ1n) is 6.88. The number of nitrogens with one attached hydrogen (secondary N) is 2. The van der Waals surface area contributed by atoms with Crippen LogP contribution in [0, 0.1) is 0 Å². The summed E-state index contributed by atoms with van der Waals surface area (Å²) < 4.78 is 34.6. The number of nitrogens with zero attached hydrogens (tertiary/aromatic N) is 4. The molecule has 2 bridgehead atoms. The minimum Gasteiger partial charge on any atom is -0.309 e. The average molecular weight is 362 g/mol. The number of aromatic amines is 1. The van der Waals surface area contributed by atoms with Crippen LogP contribution >= 0.6 is 0 Å². The number of hydrogen-bond donors (Lipinski definition) is 3. The number of rotatable bonds is 6. The van der Waals surface area contributed by atoms with Gasteiger partial charge in [0.25, 0.3) is 5.91 Å². The summed E-state index contributed by atoms with van der Waals surface area (Å²) >= 11 is 0. The van der Waals surface area contributed by atoms with Crippen molar-refractivity contribution in [1.82, 2.24) is 30.6 Å². The summed E-state index contributed by atoms with van der Waals surface area (Å²) in [6.07, 6.45) is 1.98. The highest BCUT2D eigenvalue weighted by molar-refractivity contribution is 7.80. The Bertz CT molecular complexity index is 722. The molecule has 3 amide bonds. The second-order valence-electron chi connectivity index (χ2n) is 5.18. The van der Waals surface area contributed by atoms with E-state index in [2.05, 4.69) is 24.9 Å². The van der Waals surface area contributed by atoms with Crippen molar-refractivity contribution in [3.63, 3.8) is 0 Å². The number of carbonyl (C=O) groups excluding carboxylic acids is 2. The lowest BCUT2D eigenvalue weighted by atomic mass is 10.0. The lowest BCUT2D eigenvalue weighted by Crippen LogP contribution is -2.49. The summed E-state index contributed by atoms with van der Waals surface area (Å²) in [5, 5.41) is 6.79. The zero-order chi connectivity index (χ0) is 17.3. The standard InChI is InChI=1S/C10H14N6O7S/c17-9(14-22-4-8-11-5-12-13-8)7-2-1-6-3-15(7)10(18)16(6)23-24(19,20)21/h5-7H,1-4H2,(H,14,17)(H,11,12,13)(H,19,20,21)/t6?,7-/m0/s1. The molecule has 0 saturated carbocycles. The molecular formula is C10H14N6O7S. The number of urea groups is 1. The maximum Gasteiger partial charge on any atom is 0.418 e. The molecule has 132 valence electrons. The van der Waals surface area contributed by atoms with Crippen molar-refractivity contribution in [1.29, 1.82) is 0 Å². The van der Waals surface area contributed by atoms with Gasteiger partial charge in [0, 0.05) is 6.54 Å². The van der Waals surface area contributed by atoms with Gasteiger partial charge in [0.2, 0.25) is 0 Å². The predicted octanol–water partition coefficient (Wildman–Crippen LogP) is -1.64. The van der Waals surface area contributed by atoms with E-state index in [1.807, 2.05) is 0 Å². The molecule has 3 heterocycles. The van der Waals surface area contributed by atoms with Crippen molar-refractivity contribution in [2.24, 2.45) is 0 Å². The van der Waals surface area contributed by atoms with Crippen LogP contribution in [0.2, 0.25) is 0 Å². The molecule has 1 aromatic rings. The molecule has 2 aliphatic rings. The maximum absolute atomic E-state index is 12.1. The molecule has 3 rings (SSSR count). The Morgan fingerprint density at radius 2 is 2.29 bits per heavy atom. The lowest BCUT2D eigenvalue weighted by Gasteiger charge is -2.28. The van der Waals surface area contributed by atoms with Crippen molar-refractivity contribution in [2.75, 3.05) is 6.54 Å². The van der Waals surface area contributed by atoms with Gasteiger partial charge in [0.05, 0.1) is 6.04 Å². The zero-order valence-corrected chi connectivity index (χ0v) is 13.0. The van der Waals surface area contributed by atoms with Gasteiger partial charge in [0.15, 0.2) is 5.82 Å². The van der Waals surface area contributed by atoms with Crippen LogP contribution in [-0.2, 0) is 30.9 Å². The Labute approximate surface area is 135 Å². The number of piperidine rings is 1. The highest BCUT2D eigenvalue weighted by Crippen LogP contribution is 2.30. The highest BCUT2D eigenvalue weighted by atomic mass is 32.3. The van der Waals surface area contributed by atoms with Crippen LogP contribution in [0.3, 0.4) is 0 Å². The van der Waals surface area contributed by atoms with E-state index >= 15 is 0 Å². The molecule has 2 atom stereocenters. The van der Waals surface area contributed by atoms with Crippen LogP contribution in [0.25, 0.3) is 0 Å². The number of H-pyrrole nitrogens is 1. The van der Waals surface area contributed by atoms with Crippen molar-refractivity contribution in [3.05, 3.63) is 12.2 Å². The first-order valence-corrected chi connectivity index (χ1v) is 8.25. The molecule has 2 fully saturated rings. The van der Waals surface area contributed by atoms with Gasteiger partial charge in [-0.3, -0.25) is 19.3 Å². The molecule has 3 N–H and O–H groups in total. The minimum absolute atomic E-state index is 0.0590. The molecule has 0 radical (unpaired) electrons. The van der Waals surface area contributed by atoms with Gasteiger partial charge >= 0.3 is 16.4 Å². The van der Waals surface area contributed by atoms with Crippen LogP contribution in [0.15, 0.2) is 6.33 Å². The van der Waals surface area contributed by atoms with Gasteiger partial charge in [-0.25, -0.2) is 15.3 Å². The van der Waals surface area contributed by atoms with E-state index < -0.39 is 34.4 Å². The first-order chi connectivity index (χ1) is 11.3. The van der Waals surface area contributed by atoms with E-state index in [-0.39, 0.29) is 19.6 Å². The van der Waals surface area contributed by atoms with Gasteiger partial charge in [-0.15, -0.1) is 4.28 Å². The number of hydroxylamine groups is 3. The molecule has 24 heavy (non-hydrogen) atoms. The quantitative estimate of drug-likeness (QED) is 0.397. The lowest BCUT2D eigenvalue weighted by molar-refractivity contribution is -0.140. The number of fused-ring (bicyclic) bond motifs is 2. The Morgan fingerprint density at radius 3 is 2.96 bits per heavy atom. The summed E-state index contributed by atoms with van der Waals surface area (Å²) in [6, 6.07) is -2.21. The monoisotopic (exact) mass is 362 g/mol. The predicted molar refractivity (Wildman–Crippen MR) is 72.7 cm³/mol. The van der Waals surface area contributed by atoms with E-state index in [0.717, 1.165) is 4.90 Å². The van der Waals surface area contributed by atoms with Gasteiger partial charge in [-0.05, 0) is 12.8 Å². The molecular weight excluding hydrogens is 348 g/mol. The van der Waals surface area contributed by atoms with Crippen LogP contribution in [0.4, 0.5) is 4.79 Å². The zero-order valence-electron chi connectivity index (χ0n) is 12.2. The molecule has 0 aliphatic carbocycles. The topological polar surface area (TPSA) is 167 Å². The molecule has 2 aliphatic heterocycles. The SMILES string of the molecule is O=C(NOCc1nc[nH]n1)[C@@H]1CCC2CN1C(=O)N2OS(=O)(=O)O. The van der Waals surface area contributed by atoms with Crippen molar-refractivity contribution >= 4 is 22.3 Å². The van der Waals surface area contributed by atoms with Crippen molar-refractivity contribution in [3.8, 4) is 0 Å². The fourth-order valence-electron chi connectivity index (χ4n) is 2.65. The van der Waals surface area contributed by atoms with Crippen LogP contribution in [0.5, 0.6) is 0 Å². The molecule has 2 saturated heterocycles. The molecule has 1 aromatic heterocycles. The van der Waals surface area contributed by atoms with E-state index in [1.54, 1.807) is 0 Å². The minimum atomic E-state index is -4.82. The third-order valence-corrected chi connectivity index (χ3v) is 3.99. The summed E-state index contributed by atoms with van der Waals surface area (Å²) in [7, 11) is -4.82. The van der Waals surface area contributed by atoms with E-state index in [1.165, 1.54) is 6.33 Å². The largest absolute Gasteiger partial charge is 0.418 e. The second kappa shape index (κ2) is 6.31. The van der Waals surface area contributed by atoms with Crippen LogP contribution in [-0.4, -0.2) is 68.7 Å². The molecule has 14 heteroatoms. The molecule has 1 unspecified atom stereocenters. The first kappa shape index (κ1) is 16.6. The third-order valence-electron chi connectivity index (χ3n) is 3.64. The number of amides is 3. The normalized spacial score (nSPS) is 23.6. The Balaban J connectivity index is 1.58. The summed E-state index contributed by atoms with van der Waals surface area (Å²) in [5.74, 6) is -0.227. The number of aromatic nitrogens is 3. The van der Waals surface area contributed by atoms with Crippen LogP contribution < -0.4 is 5.48 Å². The number of hydrogen-bond acceptors (Lipinski definition) is 8. The number of carbonyl (C=O) groups is 2. The highest BCUT2D eigenvalue weighted by Gasteiger charge is 2.49. The van der Waals surface area contributed by atoms with Gasteiger partial charge < -0.3 is 4.90 Å². The molecule has 13 nitrogen and oxygen atoms in total. The van der Waals surface area contributed by atoms with Crippen molar-refractivity contribution < 1.29 is 31.7 Å². The second-order valence-corrected chi connectivity index (χ2v) is 6.18. The van der Waals surface area contributed by atoms with Crippen LogP contribution in [0.1, 0.15) is 18.7 Å². The smallest absolute Gasteiger partial charge is 0.309 e. The van der Waals surface area contributed by atoms with E-state index in [0.29, 0.717) is 17.3 Å². The Morgan fingerprint density at radius 1 is 1.50 bits per heavy atom. The molecule has 0 spiro atoms. The van der Waals surface area contributed by atoms with Crippen molar-refractivity contribution in [2.45, 2.75) is 31.5 Å². The van der Waals surface area contributed by atoms with Gasteiger partial charge in [-0.1, -0.05) is 0 Å².